The lowest BCUT2D eigenvalue weighted by Crippen LogP contribution is -1.98. The summed E-state index contributed by atoms with van der Waals surface area (Å²) >= 11 is 0. The van der Waals surface area contributed by atoms with Gasteiger partial charge in [0.05, 0.1) is 6.26 Å². The summed E-state index contributed by atoms with van der Waals surface area (Å²) in [5, 5.41) is 8.55. The van der Waals surface area contributed by atoms with E-state index < -0.39 is 5.97 Å². The zero-order chi connectivity index (χ0) is 22.2. The zero-order valence-electron chi connectivity index (χ0n) is 19.1. The quantitative estimate of drug-likeness (QED) is 0.102. The SMILES string of the molecule is C=CCC(CCC)CCCCCCCCCCCCCC(=O)O.C=COC(C)=O. The number of unbranched alkanes of at least 4 members (excludes halogenated alkanes) is 10. The minimum atomic E-state index is -0.657. The smallest absolute Gasteiger partial charge is 0.307 e. The van der Waals surface area contributed by atoms with Crippen molar-refractivity contribution in [3.63, 3.8) is 0 Å². The number of rotatable bonds is 19. The molecule has 0 aliphatic heterocycles. The van der Waals surface area contributed by atoms with Gasteiger partial charge in [0.2, 0.25) is 0 Å². The van der Waals surface area contributed by atoms with E-state index in [1.807, 2.05) is 0 Å². The fourth-order valence-corrected chi connectivity index (χ4v) is 3.44. The third-order valence-corrected chi connectivity index (χ3v) is 4.95. The van der Waals surface area contributed by atoms with Crippen molar-refractivity contribution in [2.24, 2.45) is 5.92 Å². The lowest BCUT2D eigenvalue weighted by atomic mass is 9.93. The molecule has 0 aliphatic carbocycles. The maximum Gasteiger partial charge on any atom is 0.307 e. The molecule has 0 aromatic rings. The van der Waals surface area contributed by atoms with E-state index in [4.69, 9.17) is 5.11 Å². The predicted molar refractivity (Wildman–Crippen MR) is 123 cm³/mol. The highest BCUT2D eigenvalue weighted by Crippen LogP contribution is 2.20. The molecular formula is C25H46O4. The fraction of sp³-hybridized carbons (Fsp3) is 0.760. The standard InChI is InChI=1S/C21H40O2.C4H6O2/c1-3-16-20(17-4-2)18-14-12-10-8-6-5-7-9-11-13-15-19-21(22)23;1-3-6-4(2)5/h3,20H,1,4-19H2,2H3,(H,22,23);3H,1H2,2H3. The number of carbonyl (C=O) groups excluding carboxylic acids is 1. The monoisotopic (exact) mass is 410 g/mol. The predicted octanol–water partition coefficient (Wildman–Crippen LogP) is 7.83. The van der Waals surface area contributed by atoms with Crippen LogP contribution in [0.4, 0.5) is 0 Å². The van der Waals surface area contributed by atoms with Crippen LogP contribution >= 0.6 is 0 Å². The van der Waals surface area contributed by atoms with Crippen LogP contribution in [0.3, 0.4) is 0 Å². The Morgan fingerprint density at radius 1 is 0.862 bits per heavy atom. The molecule has 1 atom stereocenters. The van der Waals surface area contributed by atoms with Gasteiger partial charge in [0, 0.05) is 13.3 Å². The minimum Gasteiger partial charge on any atom is -0.481 e. The third-order valence-electron chi connectivity index (χ3n) is 4.95. The maximum absolute atomic E-state index is 10.4. The van der Waals surface area contributed by atoms with Gasteiger partial charge in [-0.2, -0.15) is 0 Å². The summed E-state index contributed by atoms with van der Waals surface area (Å²) in [4.78, 5) is 20.1. The third kappa shape index (κ3) is 28.7. The molecule has 0 radical (unpaired) electrons. The second kappa shape index (κ2) is 24.5. The van der Waals surface area contributed by atoms with Crippen LogP contribution in [-0.4, -0.2) is 17.0 Å². The molecule has 0 spiro atoms. The molecule has 0 amide bonds. The highest BCUT2D eigenvalue weighted by atomic mass is 16.5. The number of carbonyl (C=O) groups is 2. The van der Waals surface area contributed by atoms with E-state index in [-0.39, 0.29) is 5.97 Å². The Kier molecular flexibility index (Phi) is 25.0. The molecule has 1 N–H and O–H groups in total. The Balaban J connectivity index is 0. The second-order valence-corrected chi connectivity index (χ2v) is 7.78. The minimum absolute atomic E-state index is 0.329. The molecule has 4 heteroatoms. The van der Waals surface area contributed by atoms with E-state index >= 15 is 0 Å². The Labute approximate surface area is 179 Å². The lowest BCUT2D eigenvalue weighted by molar-refractivity contribution is -0.137. The van der Waals surface area contributed by atoms with Gasteiger partial charge in [-0.05, 0) is 18.8 Å². The van der Waals surface area contributed by atoms with Gasteiger partial charge in [-0.3, -0.25) is 9.59 Å². The van der Waals surface area contributed by atoms with Crippen LogP contribution in [0.5, 0.6) is 0 Å². The number of hydrogen-bond acceptors (Lipinski definition) is 3. The van der Waals surface area contributed by atoms with Gasteiger partial charge in [-0.25, -0.2) is 0 Å². The summed E-state index contributed by atoms with van der Waals surface area (Å²) < 4.78 is 4.17. The van der Waals surface area contributed by atoms with Crippen molar-refractivity contribution in [2.75, 3.05) is 0 Å². The number of carboxylic acids is 1. The molecule has 0 fully saturated rings. The van der Waals surface area contributed by atoms with Crippen LogP contribution in [0.2, 0.25) is 0 Å². The molecule has 0 saturated carbocycles. The van der Waals surface area contributed by atoms with E-state index in [2.05, 4.69) is 30.9 Å². The van der Waals surface area contributed by atoms with Gasteiger partial charge in [-0.15, -0.1) is 6.58 Å². The largest absolute Gasteiger partial charge is 0.481 e. The number of carboxylic acid groups (broad SMARTS) is 1. The van der Waals surface area contributed by atoms with E-state index in [1.54, 1.807) is 0 Å². The first kappa shape index (κ1) is 29.6. The van der Waals surface area contributed by atoms with Gasteiger partial charge in [0.25, 0.3) is 0 Å². The first-order valence-electron chi connectivity index (χ1n) is 11.6. The molecule has 1 unspecified atom stereocenters. The Hall–Kier alpha value is -1.58. The van der Waals surface area contributed by atoms with Crippen molar-refractivity contribution < 1.29 is 19.4 Å². The van der Waals surface area contributed by atoms with Gasteiger partial charge >= 0.3 is 11.9 Å². The molecule has 0 aromatic heterocycles. The van der Waals surface area contributed by atoms with Gasteiger partial charge in [0.15, 0.2) is 0 Å². The molecule has 0 saturated heterocycles. The molecule has 0 aliphatic rings. The Morgan fingerprint density at radius 3 is 1.69 bits per heavy atom. The molecule has 0 aromatic carbocycles. The molecule has 29 heavy (non-hydrogen) atoms. The summed E-state index contributed by atoms with van der Waals surface area (Å²) in [5.74, 6) is -0.112. The van der Waals surface area contributed by atoms with Crippen LogP contribution in [0.15, 0.2) is 25.5 Å². The van der Waals surface area contributed by atoms with Crippen molar-refractivity contribution in [3.8, 4) is 0 Å². The number of hydrogen-bond donors (Lipinski definition) is 1. The number of aliphatic carboxylic acids is 1. The van der Waals surface area contributed by atoms with E-state index in [0.717, 1.165) is 25.0 Å². The average Bonchev–Trinajstić information content (AvgIpc) is 2.66. The van der Waals surface area contributed by atoms with Crippen LogP contribution in [0.1, 0.15) is 117 Å². The summed E-state index contributed by atoms with van der Waals surface area (Å²) in [6, 6.07) is 0. The molecule has 4 nitrogen and oxygen atoms in total. The second-order valence-electron chi connectivity index (χ2n) is 7.78. The zero-order valence-corrected chi connectivity index (χ0v) is 19.1. The first-order chi connectivity index (χ1) is 14.0. The lowest BCUT2D eigenvalue weighted by Gasteiger charge is -2.13. The highest BCUT2D eigenvalue weighted by Gasteiger charge is 2.05. The van der Waals surface area contributed by atoms with Gasteiger partial charge < -0.3 is 9.84 Å². The van der Waals surface area contributed by atoms with Crippen molar-refractivity contribution in [1.82, 2.24) is 0 Å². The van der Waals surface area contributed by atoms with Crippen molar-refractivity contribution >= 4 is 11.9 Å². The normalized spacial score (nSPS) is 11.1. The Morgan fingerprint density at radius 2 is 1.34 bits per heavy atom. The molecular weight excluding hydrogens is 364 g/mol. The Bertz CT molecular complexity index is 404. The van der Waals surface area contributed by atoms with Crippen LogP contribution in [0.25, 0.3) is 0 Å². The topological polar surface area (TPSA) is 63.6 Å². The first-order valence-corrected chi connectivity index (χ1v) is 11.6. The van der Waals surface area contributed by atoms with Gasteiger partial charge in [-0.1, -0.05) is 103 Å². The van der Waals surface area contributed by atoms with E-state index in [9.17, 15) is 9.59 Å². The van der Waals surface area contributed by atoms with Crippen molar-refractivity contribution in [2.45, 2.75) is 117 Å². The molecule has 170 valence electrons. The van der Waals surface area contributed by atoms with Crippen LogP contribution in [-0.2, 0) is 14.3 Å². The molecule has 0 bridgehead atoms. The molecule has 0 rings (SSSR count). The van der Waals surface area contributed by atoms with E-state index in [0.29, 0.717) is 6.42 Å². The number of esters is 1. The summed E-state index contributed by atoms with van der Waals surface area (Å²) in [7, 11) is 0. The number of ether oxygens (including phenoxy) is 1. The summed E-state index contributed by atoms with van der Waals surface area (Å²) in [5.41, 5.74) is 0. The summed E-state index contributed by atoms with van der Waals surface area (Å²) in [6.07, 6.45) is 22.8. The fourth-order valence-electron chi connectivity index (χ4n) is 3.44. The summed E-state index contributed by atoms with van der Waals surface area (Å²) in [6.45, 7) is 10.6. The van der Waals surface area contributed by atoms with Crippen molar-refractivity contribution in [1.29, 1.82) is 0 Å². The number of allylic oxidation sites excluding steroid dienone is 1. The average molecular weight is 411 g/mol. The van der Waals surface area contributed by atoms with Crippen LogP contribution < -0.4 is 0 Å². The van der Waals surface area contributed by atoms with Crippen molar-refractivity contribution in [3.05, 3.63) is 25.5 Å². The maximum atomic E-state index is 10.4. The highest BCUT2D eigenvalue weighted by molar-refractivity contribution is 5.66. The van der Waals surface area contributed by atoms with E-state index in [1.165, 1.54) is 90.4 Å². The molecule has 0 heterocycles. The van der Waals surface area contributed by atoms with Crippen LogP contribution in [0, 0.1) is 5.92 Å². The van der Waals surface area contributed by atoms with Gasteiger partial charge in [0.1, 0.15) is 0 Å².